The van der Waals surface area contributed by atoms with Crippen molar-refractivity contribution in [1.82, 2.24) is 0 Å². The van der Waals surface area contributed by atoms with Crippen LogP contribution in [0.5, 0.6) is 0 Å². The SMILES string of the molecule is CCC/C=C/C=CCC=CCCO. The second kappa shape index (κ2) is 11.2. The van der Waals surface area contributed by atoms with Crippen molar-refractivity contribution in [3.05, 3.63) is 36.5 Å². The van der Waals surface area contributed by atoms with E-state index < -0.39 is 0 Å². The van der Waals surface area contributed by atoms with E-state index in [0.29, 0.717) is 0 Å². The number of allylic oxidation sites excluding steroid dienone is 5. The summed E-state index contributed by atoms with van der Waals surface area (Å²) in [5.41, 5.74) is 0. The van der Waals surface area contributed by atoms with E-state index in [1.807, 2.05) is 6.08 Å². The summed E-state index contributed by atoms with van der Waals surface area (Å²) in [6.07, 6.45) is 16.6. The molecule has 0 amide bonds. The lowest BCUT2D eigenvalue weighted by molar-refractivity contribution is 0.302. The van der Waals surface area contributed by atoms with E-state index in [1.165, 1.54) is 6.42 Å². The van der Waals surface area contributed by atoms with E-state index in [4.69, 9.17) is 5.11 Å². The maximum absolute atomic E-state index is 8.49. The van der Waals surface area contributed by atoms with Crippen LogP contribution in [0.3, 0.4) is 0 Å². The molecule has 0 saturated carbocycles. The first-order chi connectivity index (χ1) is 6.41. The Hall–Kier alpha value is -0.820. The van der Waals surface area contributed by atoms with E-state index in [0.717, 1.165) is 19.3 Å². The van der Waals surface area contributed by atoms with E-state index in [2.05, 4.69) is 37.3 Å². The summed E-state index contributed by atoms with van der Waals surface area (Å²) in [5.74, 6) is 0. The molecule has 0 bridgehead atoms. The Kier molecular flexibility index (Phi) is 10.5. The van der Waals surface area contributed by atoms with Crippen LogP contribution in [0.2, 0.25) is 0 Å². The molecule has 1 nitrogen and oxygen atoms in total. The van der Waals surface area contributed by atoms with E-state index in [1.54, 1.807) is 0 Å². The van der Waals surface area contributed by atoms with E-state index in [-0.39, 0.29) is 6.61 Å². The van der Waals surface area contributed by atoms with Crippen LogP contribution in [-0.4, -0.2) is 11.7 Å². The highest BCUT2D eigenvalue weighted by molar-refractivity contribution is 5.04. The molecule has 0 radical (unpaired) electrons. The smallest absolute Gasteiger partial charge is 0.0465 e. The Morgan fingerprint density at radius 2 is 1.69 bits per heavy atom. The van der Waals surface area contributed by atoms with Crippen LogP contribution in [-0.2, 0) is 0 Å². The summed E-state index contributed by atoms with van der Waals surface area (Å²) in [7, 11) is 0. The monoisotopic (exact) mass is 180 g/mol. The number of hydrogen-bond acceptors (Lipinski definition) is 1. The molecule has 0 fully saturated rings. The van der Waals surface area contributed by atoms with Gasteiger partial charge in [0.25, 0.3) is 0 Å². The highest BCUT2D eigenvalue weighted by Crippen LogP contribution is 1.91. The Labute approximate surface area is 81.5 Å². The summed E-state index contributed by atoms with van der Waals surface area (Å²) < 4.78 is 0. The highest BCUT2D eigenvalue weighted by Gasteiger charge is 1.73. The topological polar surface area (TPSA) is 20.2 Å². The first kappa shape index (κ1) is 12.2. The van der Waals surface area contributed by atoms with Crippen molar-refractivity contribution in [3.8, 4) is 0 Å². The normalized spacial score (nSPS) is 12.5. The minimum Gasteiger partial charge on any atom is -0.396 e. The third-order valence-corrected chi connectivity index (χ3v) is 1.57. The second-order valence-corrected chi connectivity index (χ2v) is 2.86. The zero-order valence-corrected chi connectivity index (χ0v) is 8.45. The van der Waals surface area contributed by atoms with Gasteiger partial charge in [0, 0.05) is 6.61 Å². The summed E-state index contributed by atoms with van der Waals surface area (Å²) >= 11 is 0. The largest absolute Gasteiger partial charge is 0.396 e. The number of aliphatic hydroxyl groups excluding tert-OH is 1. The molecule has 0 atom stereocenters. The predicted molar refractivity (Wildman–Crippen MR) is 58.6 cm³/mol. The zero-order valence-electron chi connectivity index (χ0n) is 8.45. The minimum absolute atomic E-state index is 0.247. The molecule has 0 aliphatic heterocycles. The van der Waals surface area contributed by atoms with Gasteiger partial charge in [-0.05, 0) is 19.3 Å². The molecule has 13 heavy (non-hydrogen) atoms. The molecule has 0 spiro atoms. The molecule has 0 rings (SSSR count). The molecule has 0 aromatic carbocycles. The highest BCUT2D eigenvalue weighted by atomic mass is 16.2. The Bertz CT molecular complexity index is 166. The van der Waals surface area contributed by atoms with Crippen molar-refractivity contribution in [2.24, 2.45) is 0 Å². The van der Waals surface area contributed by atoms with E-state index >= 15 is 0 Å². The van der Waals surface area contributed by atoms with Gasteiger partial charge in [0.1, 0.15) is 0 Å². The van der Waals surface area contributed by atoms with Crippen LogP contribution in [0.1, 0.15) is 32.6 Å². The molecule has 0 aromatic heterocycles. The molecule has 1 N–H and O–H groups in total. The Morgan fingerprint density at radius 3 is 2.38 bits per heavy atom. The van der Waals surface area contributed by atoms with Gasteiger partial charge in [0.2, 0.25) is 0 Å². The Morgan fingerprint density at radius 1 is 0.923 bits per heavy atom. The van der Waals surface area contributed by atoms with Crippen LogP contribution < -0.4 is 0 Å². The third-order valence-electron chi connectivity index (χ3n) is 1.57. The van der Waals surface area contributed by atoms with Gasteiger partial charge in [-0.25, -0.2) is 0 Å². The Balaban J connectivity index is 3.30. The van der Waals surface area contributed by atoms with Crippen molar-refractivity contribution >= 4 is 0 Å². The van der Waals surface area contributed by atoms with Gasteiger partial charge in [0.05, 0.1) is 0 Å². The number of unbranched alkanes of at least 4 members (excludes halogenated alkanes) is 1. The van der Waals surface area contributed by atoms with Crippen LogP contribution in [0.4, 0.5) is 0 Å². The quantitative estimate of drug-likeness (QED) is 0.471. The lowest BCUT2D eigenvalue weighted by Gasteiger charge is -1.83. The van der Waals surface area contributed by atoms with Gasteiger partial charge >= 0.3 is 0 Å². The average Bonchev–Trinajstić information content (AvgIpc) is 2.16. The van der Waals surface area contributed by atoms with Crippen LogP contribution in [0.15, 0.2) is 36.5 Å². The number of aliphatic hydroxyl groups is 1. The summed E-state index contributed by atoms with van der Waals surface area (Å²) in [4.78, 5) is 0. The van der Waals surface area contributed by atoms with Crippen molar-refractivity contribution in [2.45, 2.75) is 32.6 Å². The molecule has 74 valence electrons. The molecule has 1 heteroatoms. The number of hydrogen-bond donors (Lipinski definition) is 1. The molecule has 0 aliphatic rings. The standard InChI is InChI=1S/C12H20O/c1-2-3-4-5-6-7-8-9-10-11-12-13/h4-7,9-10,13H,2-3,8,11-12H2,1H3/b5-4+,7-6?,10-9?. The minimum atomic E-state index is 0.247. The maximum atomic E-state index is 8.49. The van der Waals surface area contributed by atoms with Gasteiger partial charge in [-0.1, -0.05) is 49.8 Å². The van der Waals surface area contributed by atoms with Gasteiger partial charge in [-0.15, -0.1) is 0 Å². The van der Waals surface area contributed by atoms with Gasteiger partial charge in [0.15, 0.2) is 0 Å². The van der Waals surface area contributed by atoms with Crippen LogP contribution in [0.25, 0.3) is 0 Å². The molecular formula is C12H20O. The van der Waals surface area contributed by atoms with E-state index in [9.17, 15) is 0 Å². The fraction of sp³-hybridized carbons (Fsp3) is 0.500. The van der Waals surface area contributed by atoms with Crippen molar-refractivity contribution in [1.29, 1.82) is 0 Å². The first-order valence-electron chi connectivity index (χ1n) is 4.99. The van der Waals surface area contributed by atoms with Gasteiger partial charge in [-0.2, -0.15) is 0 Å². The lowest BCUT2D eigenvalue weighted by atomic mass is 10.3. The molecule has 0 heterocycles. The van der Waals surface area contributed by atoms with Crippen LogP contribution in [0, 0.1) is 0 Å². The molecule has 0 unspecified atom stereocenters. The second-order valence-electron chi connectivity index (χ2n) is 2.86. The third kappa shape index (κ3) is 11.2. The van der Waals surface area contributed by atoms with Gasteiger partial charge in [-0.3, -0.25) is 0 Å². The molecule has 0 aromatic rings. The number of rotatable bonds is 7. The molecule has 0 saturated heterocycles. The zero-order chi connectivity index (χ0) is 9.78. The first-order valence-corrected chi connectivity index (χ1v) is 4.99. The average molecular weight is 180 g/mol. The van der Waals surface area contributed by atoms with Crippen LogP contribution >= 0.6 is 0 Å². The maximum Gasteiger partial charge on any atom is 0.0465 e. The predicted octanol–water partition coefficient (Wildman–Crippen LogP) is 3.23. The van der Waals surface area contributed by atoms with Crippen molar-refractivity contribution in [3.63, 3.8) is 0 Å². The lowest BCUT2D eigenvalue weighted by Crippen LogP contribution is -1.74. The van der Waals surface area contributed by atoms with Crippen molar-refractivity contribution < 1.29 is 5.11 Å². The fourth-order valence-electron chi connectivity index (χ4n) is 0.866. The summed E-state index contributed by atoms with van der Waals surface area (Å²) in [5, 5.41) is 8.49. The summed E-state index contributed by atoms with van der Waals surface area (Å²) in [6, 6.07) is 0. The molecular weight excluding hydrogens is 160 g/mol. The van der Waals surface area contributed by atoms with Gasteiger partial charge < -0.3 is 5.11 Å². The fourth-order valence-corrected chi connectivity index (χ4v) is 0.866. The molecule has 0 aliphatic carbocycles. The van der Waals surface area contributed by atoms with Crippen molar-refractivity contribution in [2.75, 3.05) is 6.61 Å². The summed E-state index contributed by atoms with van der Waals surface area (Å²) in [6.45, 7) is 2.42.